The van der Waals surface area contributed by atoms with Crippen molar-refractivity contribution >= 4 is 0 Å². The van der Waals surface area contributed by atoms with Crippen LogP contribution in [0.2, 0.25) is 0 Å². The van der Waals surface area contributed by atoms with Gasteiger partial charge >= 0.3 is 0 Å². The quantitative estimate of drug-likeness (QED) is 0.640. The lowest BCUT2D eigenvalue weighted by Crippen LogP contribution is -2.29. The van der Waals surface area contributed by atoms with Gasteiger partial charge in [-0.1, -0.05) is 13.8 Å². The van der Waals surface area contributed by atoms with Crippen LogP contribution in [0, 0.1) is 5.92 Å². The van der Waals surface area contributed by atoms with Crippen molar-refractivity contribution in [2.45, 2.75) is 32.4 Å². The molecule has 0 aliphatic carbocycles. The second-order valence-corrected chi connectivity index (χ2v) is 4.11. The maximum Gasteiger partial charge on any atom is 0.0229 e. The van der Waals surface area contributed by atoms with E-state index < -0.39 is 0 Å². The highest BCUT2D eigenvalue weighted by atomic mass is 15.2. The maximum atomic E-state index is 3.55. The van der Waals surface area contributed by atoms with Crippen LogP contribution < -0.4 is 5.32 Å². The van der Waals surface area contributed by atoms with Gasteiger partial charge in [-0.15, -0.1) is 0 Å². The summed E-state index contributed by atoms with van der Waals surface area (Å²) in [5, 5.41) is 3.55. The molecule has 0 radical (unpaired) electrons. The second kappa shape index (κ2) is 3.55. The molecule has 2 heteroatoms. The lowest BCUT2D eigenvalue weighted by atomic mass is 10.0. The third kappa shape index (κ3) is 2.17. The zero-order valence-electron chi connectivity index (χ0n) is 8.09. The van der Waals surface area contributed by atoms with Crippen molar-refractivity contribution in [1.29, 1.82) is 0 Å². The molecule has 66 valence electrons. The van der Waals surface area contributed by atoms with Crippen LogP contribution in [-0.4, -0.2) is 37.6 Å². The van der Waals surface area contributed by atoms with E-state index in [2.05, 4.69) is 38.2 Å². The number of hydrogen-bond acceptors (Lipinski definition) is 2. The number of hydrogen-bond donors (Lipinski definition) is 1. The van der Waals surface area contributed by atoms with Crippen LogP contribution in [-0.2, 0) is 0 Å². The van der Waals surface area contributed by atoms with Gasteiger partial charge in [0.15, 0.2) is 0 Å². The highest BCUT2D eigenvalue weighted by Crippen LogP contribution is 2.16. The third-order valence-electron chi connectivity index (χ3n) is 2.68. The molecular formula is C9H20N2. The fourth-order valence-corrected chi connectivity index (χ4v) is 1.65. The number of nitrogens with zero attached hydrogens (tertiary/aromatic N) is 1. The molecule has 0 saturated carbocycles. The Morgan fingerprint density at radius 1 is 1.36 bits per heavy atom. The largest absolute Gasteiger partial charge is 0.312 e. The fraction of sp³-hybridized carbons (Fsp3) is 1.00. The van der Waals surface area contributed by atoms with Crippen molar-refractivity contribution in [2.75, 3.05) is 20.6 Å². The summed E-state index contributed by atoms with van der Waals surface area (Å²) in [6.07, 6.45) is 1.31. The summed E-state index contributed by atoms with van der Waals surface area (Å²) in [7, 11) is 4.32. The normalized spacial score (nSPS) is 32.2. The number of likely N-dealkylation sites (N-methyl/N-ethyl adjacent to an activating group) is 1. The van der Waals surface area contributed by atoms with E-state index in [0.717, 1.165) is 24.5 Å². The van der Waals surface area contributed by atoms with E-state index in [9.17, 15) is 0 Å². The van der Waals surface area contributed by atoms with Crippen LogP contribution in [0.5, 0.6) is 0 Å². The van der Waals surface area contributed by atoms with Crippen molar-refractivity contribution in [3.8, 4) is 0 Å². The van der Waals surface area contributed by atoms with E-state index in [4.69, 9.17) is 0 Å². The number of nitrogens with one attached hydrogen (secondary N) is 1. The van der Waals surface area contributed by atoms with Gasteiger partial charge in [-0.25, -0.2) is 0 Å². The Bertz CT molecular complexity index is 107. The minimum Gasteiger partial charge on any atom is -0.312 e. The lowest BCUT2D eigenvalue weighted by molar-refractivity contribution is 0.303. The van der Waals surface area contributed by atoms with Crippen LogP contribution in [0.4, 0.5) is 0 Å². The van der Waals surface area contributed by atoms with Crippen LogP contribution in [0.15, 0.2) is 0 Å². The summed E-state index contributed by atoms with van der Waals surface area (Å²) >= 11 is 0. The molecule has 0 aromatic heterocycles. The lowest BCUT2D eigenvalue weighted by Gasteiger charge is -2.18. The van der Waals surface area contributed by atoms with E-state index in [0.29, 0.717) is 0 Å². The third-order valence-corrected chi connectivity index (χ3v) is 2.68. The first-order chi connectivity index (χ1) is 5.11. The highest BCUT2D eigenvalue weighted by molar-refractivity contribution is 4.87. The Morgan fingerprint density at radius 3 is 2.27 bits per heavy atom. The standard InChI is InChI=1S/C9H20N2/c1-7(2)9-5-8(6-10-9)11(3)4/h7-10H,5-6H2,1-4H3. The van der Waals surface area contributed by atoms with Gasteiger partial charge in [0.25, 0.3) is 0 Å². The molecule has 0 aromatic rings. The fourth-order valence-electron chi connectivity index (χ4n) is 1.65. The Kier molecular flexibility index (Phi) is 2.90. The molecule has 0 aromatic carbocycles. The van der Waals surface area contributed by atoms with Gasteiger partial charge < -0.3 is 10.2 Å². The predicted octanol–water partition coefficient (Wildman–Crippen LogP) is 0.934. The van der Waals surface area contributed by atoms with Crippen molar-refractivity contribution in [3.05, 3.63) is 0 Å². The monoisotopic (exact) mass is 156 g/mol. The zero-order chi connectivity index (χ0) is 8.43. The topological polar surface area (TPSA) is 15.3 Å². The molecule has 2 atom stereocenters. The average molecular weight is 156 g/mol. The molecule has 1 rings (SSSR count). The molecule has 1 aliphatic heterocycles. The summed E-state index contributed by atoms with van der Waals surface area (Å²) in [4.78, 5) is 2.31. The molecule has 0 amide bonds. The molecule has 1 fully saturated rings. The Balaban J connectivity index is 2.35. The van der Waals surface area contributed by atoms with Gasteiger partial charge in [0, 0.05) is 18.6 Å². The van der Waals surface area contributed by atoms with Crippen LogP contribution >= 0.6 is 0 Å². The summed E-state index contributed by atoms with van der Waals surface area (Å²) in [5.74, 6) is 0.778. The van der Waals surface area contributed by atoms with Crippen molar-refractivity contribution in [3.63, 3.8) is 0 Å². The van der Waals surface area contributed by atoms with Crippen LogP contribution in [0.1, 0.15) is 20.3 Å². The predicted molar refractivity (Wildman–Crippen MR) is 48.7 cm³/mol. The van der Waals surface area contributed by atoms with Crippen LogP contribution in [0.25, 0.3) is 0 Å². The zero-order valence-corrected chi connectivity index (χ0v) is 8.09. The Labute approximate surface area is 70.0 Å². The minimum atomic E-state index is 0.738. The molecule has 1 aliphatic rings. The van der Waals surface area contributed by atoms with E-state index in [1.807, 2.05) is 0 Å². The molecule has 2 nitrogen and oxygen atoms in total. The minimum absolute atomic E-state index is 0.738. The van der Waals surface area contributed by atoms with E-state index in [1.165, 1.54) is 6.42 Å². The van der Waals surface area contributed by atoms with E-state index >= 15 is 0 Å². The second-order valence-electron chi connectivity index (χ2n) is 4.11. The summed E-state index contributed by atoms with van der Waals surface area (Å²) < 4.78 is 0. The van der Waals surface area contributed by atoms with Gasteiger partial charge in [0.1, 0.15) is 0 Å². The molecule has 11 heavy (non-hydrogen) atoms. The smallest absolute Gasteiger partial charge is 0.0229 e. The summed E-state index contributed by atoms with van der Waals surface area (Å²) in [6.45, 7) is 5.74. The molecule has 0 bridgehead atoms. The Hall–Kier alpha value is -0.0800. The first-order valence-electron chi connectivity index (χ1n) is 4.51. The first-order valence-corrected chi connectivity index (χ1v) is 4.51. The molecule has 2 unspecified atom stereocenters. The van der Waals surface area contributed by atoms with Crippen LogP contribution in [0.3, 0.4) is 0 Å². The SMILES string of the molecule is CC(C)C1CC(N(C)C)CN1. The number of rotatable bonds is 2. The van der Waals surface area contributed by atoms with Crippen molar-refractivity contribution in [1.82, 2.24) is 10.2 Å². The Morgan fingerprint density at radius 2 is 2.00 bits per heavy atom. The summed E-state index contributed by atoms with van der Waals surface area (Å²) in [6, 6.07) is 1.49. The first kappa shape index (κ1) is 9.01. The molecule has 1 heterocycles. The van der Waals surface area contributed by atoms with E-state index in [-0.39, 0.29) is 0 Å². The molecule has 1 saturated heterocycles. The average Bonchev–Trinajstić information content (AvgIpc) is 2.33. The van der Waals surface area contributed by atoms with Gasteiger partial charge in [-0.3, -0.25) is 0 Å². The molecule has 0 spiro atoms. The molecular weight excluding hydrogens is 136 g/mol. The van der Waals surface area contributed by atoms with Gasteiger partial charge in [0.2, 0.25) is 0 Å². The van der Waals surface area contributed by atoms with Gasteiger partial charge in [-0.05, 0) is 26.4 Å². The summed E-state index contributed by atoms with van der Waals surface area (Å²) in [5.41, 5.74) is 0. The highest BCUT2D eigenvalue weighted by Gasteiger charge is 2.26. The molecule has 1 N–H and O–H groups in total. The van der Waals surface area contributed by atoms with Crippen molar-refractivity contribution in [2.24, 2.45) is 5.92 Å². The van der Waals surface area contributed by atoms with Crippen molar-refractivity contribution < 1.29 is 0 Å². The maximum absolute atomic E-state index is 3.55. The van der Waals surface area contributed by atoms with Gasteiger partial charge in [0.05, 0.1) is 0 Å². The van der Waals surface area contributed by atoms with Gasteiger partial charge in [-0.2, -0.15) is 0 Å². The van der Waals surface area contributed by atoms with E-state index in [1.54, 1.807) is 0 Å².